The van der Waals surface area contributed by atoms with Crippen LogP contribution < -0.4 is 4.74 Å². The summed E-state index contributed by atoms with van der Waals surface area (Å²) in [5.41, 5.74) is 1.87. The lowest BCUT2D eigenvalue weighted by Crippen LogP contribution is -2.36. The second-order valence-corrected chi connectivity index (χ2v) is 7.95. The first-order valence-electron chi connectivity index (χ1n) is 9.26. The summed E-state index contributed by atoms with van der Waals surface area (Å²) < 4.78 is 15.1. The van der Waals surface area contributed by atoms with Crippen molar-refractivity contribution in [1.29, 1.82) is 0 Å². The highest BCUT2D eigenvalue weighted by molar-refractivity contribution is 5.68. The summed E-state index contributed by atoms with van der Waals surface area (Å²) in [6, 6.07) is 1.86. The molecule has 0 aliphatic carbocycles. The van der Waals surface area contributed by atoms with Crippen LogP contribution in [0.15, 0.2) is 30.9 Å². The molecule has 0 N–H and O–H groups in total. The predicted octanol–water partition coefficient (Wildman–Crippen LogP) is 2.52. The van der Waals surface area contributed by atoms with Gasteiger partial charge in [-0.3, -0.25) is 4.68 Å². The average Bonchev–Trinajstić information content (AvgIpc) is 3.33. The number of likely N-dealkylation sites (tertiary alicyclic amines) is 1. The van der Waals surface area contributed by atoms with E-state index in [1.807, 2.05) is 46.3 Å². The van der Waals surface area contributed by atoms with Crippen LogP contribution >= 0.6 is 0 Å². The monoisotopic (exact) mass is 384 g/mol. The number of aromatic nitrogens is 5. The maximum absolute atomic E-state index is 12.3. The molecule has 148 valence electrons. The minimum absolute atomic E-state index is 0.150. The molecule has 1 saturated heterocycles. The van der Waals surface area contributed by atoms with Gasteiger partial charge in [-0.2, -0.15) is 10.2 Å². The molecular formula is C19H24N6O3. The van der Waals surface area contributed by atoms with E-state index in [4.69, 9.17) is 9.47 Å². The fraction of sp³-hybridized carbons (Fsp3) is 0.474. The number of nitrogens with zero attached hydrogens (tertiary/aromatic N) is 6. The zero-order valence-corrected chi connectivity index (χ0v) is 16.5. The van der Waals surface area contributed by atoms with Crippen LogP contribution in [0.4, 0.5) is 4.79 Å². The van der Waals surface area contributed by atoms with Crippen molar-refractivity contribution >= 4 is 11.6 Å². The van der Waals surface area contributed by atoms with Gasteiger partial charge in [-0.15, -0.1) is 0 Å². The quantitative estimate of drug-likeness (QED) is 0.690. The van der Waals surface area contributed by atoms with E-state index in [1.54, 1.807) is 26.5 Å². The lowest BCUT2D eigenvalue weighted by molar-refractivity contribution is 0.0275. The van der Waals surface area contributed by atoms with Crippen LogP contribution in [0, 0.1) is 0 Å². The molecule has 9 nitrogen and oxygen atoms in total. The average molecular weight is 384 g/mol. The molecule has 1 amide bonds. The molecule has 0 spiro atoms. The van der Waals surface area contributed by atoms with Gasteiger partial charge in [0.25, 0.3) is 0 Å². The summed E-state index contributed by atoms with van der Waals surface area (Å²) in [6.45, 7) is 6.64. The van der Waals surface area contributed by atoms with Crippen molar-refractivity contribution in [2.45, 2.75) is 38.9 Å². The van der Waals surface area contributed by atoms with Gasteiger partial charge >= 0.3 is 6.09 Å². The second kappa shape index (κ2) is 6.81. The number of aryl methyl sites for hydroxylation is 1. The molecule has 0 aromatic carbocycles. The number of rotatable bonds is 3. The van der Waals surface area contributed by atoms with Crippen molar-refractivity contribution in [2.75, 3.05) is 13.1 Å². The summed E-state index contributed by atoms with van der Waals surface area (Å²) in [5.74, 6) is 0.495. The molecule has 0 radical (unpaired) electrons. The smallest absolute Gasteiger partial charge is 0.410 e. The Morgan fingerprint density at radius 1 is 1.25 bits per heavy atom. The Labute approximate surface area is 162 Å². The van der Waals surface area contributed by atoms with Crippen molar-refractivity contribution in [2.24, 2.45) is 7.05 Å². The third-order valence-electron chi connectivity index (χ3n) is 4.43. The molecule has 1 atom stereocenters. The number of fused-ring (bicyclic) bond motifs is 1. The third-order valence-corrected chi connectivity index (χ3v) is 4.43. The summed E-state index contributed by atoms with van der Waals surface area (Å²) in [5, 5.41) is 8.52. The minimum Gasteiger partial charge on any atom is -0.471 e. The summed E-state index contributed by atoms with van der Waals surface area (Å²) in [7, 11) is 1.86. The number of carbonyl (C=O) groups excluding carboxylic acids is 1. The maximum atomic E-state index is 12.3. The fourth-order valence-corrected chi connectivity index (χ4v) is 3.15. The maximum Gasteiger partial charge on any atom is 0.410 e. The highest BCUT2D eigenvalue weighted by Gasteiger charge is 2.31. The molecule has 4 heterocycles. The molecule has 0 unspecified atom stereocenters. The Bertz CT molecular complexity index is 1000. The highest BCUT2D eigenvalue weighted by atomic mass is 16.6. The Morgan fingerprint density at radius 2 is 2.07 bits per heavy atom. The van der Waals surface area contributed by atoms with Gasteiger partial charge in [-0.25, -0.2) is 14.3 Å². The van der Waals surface area contributed by atoms with Crippen molar-refractivity contribution in [1.82, 2.24) is 29.3 Å². The second-order valence-electron chi connectivity index (χ2n) is 7.95. The van der Waals surface area contributed by atoms with E-state index in [1.165, 1.54) is 0 Å². The lowest BCUT2D eigenvalue weighted by Gasteiger charge is -2.24. The zero-order valence-electron chi connectivity index (χ0n) is 16.5. The first kappa shape index (κ1) is 18.3. The zero-order chi connectivity index (χ0) is 19.9. The van der Waals surface area contributed by atoms with Crippen LogP contribution in [0.1, 0.15) is 27.2 Å². The molecule has 28 heavy (non-hydrogen) atoms. The van der Waals surface area contributed by atoms with E-state index < -0.39 is 5.60 Å². The van der Waals surface area contributed by atoms with Gasteiger partial charge in [0, 0.05) is 31.8 Å². The number of carbonyl (C=O) groups is 1. The molecular weight excluding hydrogens is 360 g/mol. The van der Waals surface area contributed by atoms with Gasteiger partial charge in [-0.05, 0) is 26.8 Å². The third kappa shape index (κ3) is 3.78. The summed E-state index contributed by atoms with van der Waals surface area (Å²) >= 11 is 0. The van der Waals surface area contributed by atoms with Gasteiger partial charge in [0.15, 0.2) is 0 Å². The number of hydrogen-bond donors (Lipinski definition) is 0. The van der Waals surface area contributed by atoms with E-state index in [0.717, 1.165) is 23.2 Å². The fourth-order valence-electron chi connectivity index (χ4n) is 3.15. The lowest BCUT2D eigenvalue weighted by atomic mass is 10.2. The molecule has 3 aromatic heterocycles. The Morgan fingerprint density at radius 3 is 2.79 bits per heavy atom. The molecule has 0 saturated carbocycles. The van der Waals surface area contributed by atoms with Gasteiger partial charge in [0.2, 0.25) is 5.88 Å². The van der Waals surface area contributed by atoms with Crippen LogP contribution in [0.3, 0.4) is 0 Å². The van der Waals surface area contributed by atoms with Gasteiger partial charge in [0.1, 0.15) is 17.2 Å². The number of hydrogen-bond acceptors (Lipinski definition) is 6. The molecule has 1 aliphatic rings. The first-order valence-corrected chi connectivity index (χ1v) is 9.26. The Balaban J connectivity index is 1.53. The Hall–Kier alpha value is -3.10. The molecule has 1 aliphatic heterocycles. The highest BCUT2D eigenvalue weighted by Crippen LogP contribution is 2.26. The van der Waals surface area contributed by atoms with Crippen LogP contribution in [0.25, 0.3) is 16.8 Å². The predicted molar refractivity (Wildman–Crippen MR) is 102 cm³/mol. The van der Waals surface area contributed by atoms with E-state index in [9.17, 15) is 4.79 Å². The molecule has 9 heteroatoms. The van der Waals surface area contributed by atoms with E-state index >= 15 is 0 Å². The Kier molecular flexibility index (Phi) is 4.44. The van der Waals surface area contributed by atoms with Crippen molar-refractivity contribution in [3.05, 3.63) is 30.9 Å². The van der Waals surface area contributed by atoms with Crippen LogP contribution in [0.5, 0.6) is 5.88 Å². The van der Waals surface area contributed by atoms with Crippen LogP contribution in [0.2, 0.25) is 0 Å². The van der Waals surface area contributed by atoms with Gasteiger partial charge in [0.05, 0.1) is 30.8 Å². The van der Waals surface area contributed by atoms with E-state index in [-0.39, 0.29) is 12.2 Å². The van der Waals surface area contributed by atoms with E-state index in [2.05, 4.69) is 15.2 Å². The molecule has 0 bridgehead atoms. The van der Waals surface area contributed by atoms with Gasteiger partial charge < -0.3 is 14.4 Å². The SMILES string of the molecule is Cn1cc(-c2cn3nccc3c(O[C@@H]3CCN(C(=O)OC(C)(C)C)C3)n2)cn1. The van der Waals surface area contributed by atoms with Crippen molar-refractivity contribution in [3.63, 3.8) is 0 Å². The molecule has 4 rings (SSSR count). The normalized spacial score (nSPS) is 17.3. The molecule has 1 fully saturated rings. The summed E-state index contributed by atoms with van der Waals surface area (Å²) in [4.78, 5) is 18.6. The largest absolute Gasteiger partial charge is 0.471 e. The van der Waals surface area contributed by atoms with Crippen molar-refractivity contribution < 1.29 is 14.3 Å². The first-order chi connectivity index (χ1) is 13.3. The standard InChI is InChI=1S/C19H24N6O3/c1-19(2,3)28-18(26)24-8-6-14(11-24)27-17-16-5-7-20-25(16)12-15(22-17)13-9-21-23(4)10-13/h5,7,9-10,12,14H,6,8,11H2,1-4H3/t14-/m1/s1. The van der Waals surface area contributed by atoms with Crippen molar-refractivity contribution in [3.8, 4) is 17.1 Å². The van der Waals surface area contributed by atoms with E-state index in [0.29, 0.717) is 19.0 Å². The van der Waals surface area contributed by atoms with Crippen LogP contribution in [-0.4, -0.2) is 60.2 Å². The number of ether oxygens (including phenoxy) is 2. The summed E-state index contributed by atoms with van der Waals surface area (Å²) in [6.07, 6.45) is 7.45. The van der Waals surface area contributed by atoms with Crippen LogP contribution in [-0.2, 0) is 11.8 Å². The molecule has 3 aromatic rings. The van der Waals surface area contributed by atoms with Gasteiger partial charge in [-0.1, -0.05) is 0 Å². The number of amides is 1. The topological polar surface area (TPSA) is 86.8 Å². The minimum atomic E-state index is -0.514.